The third kappa shape index (κ3) is 2.61. The molecule has 0 aliphatic carbocycles. The number of pyridine rings is 1. The van der Waals surface area contributed by atoms with E-state index in [1.165, 1.54) is 31.3 Å². The van der Waals surface area contributed by atoms with Crippen LogP contribution in [0, 0.1) is 5.92 Å². The molecule has 3 saturated heterocycles. The van der Waals surface area contributed by atoms with Crippen LogP contribution in [0.5, 0.6) is 5.75 Å². The fraction of sp³-hybridized carbons (Fsp3) is 0.381. The van der Waals surface area contributed by atoms with Crippen molar-refractivity contribution in [2.75, 3.05) is 13.1 Å². The molecule has 2 bridgehead atoms. The maximum Gasteiger partial charge on any atom is 0.138 e. The average Bonchev–Trinajstić information content (AvgIpc) is 3.13. The van der Waals surface area contributed by atoms with Gasteiger partial charge in [0.1, 0.15) is 11.9 Å². The Morgan fingerprint density at radius 3 is 2.76 bits per heavy atom. The molecular weight excluding hydrogens is 310 g/mol. The number of benzene rings is 1. The summed E-state index contributed by atoms with van der Waals surface area (Å²) in [4.78, 5) is 10.4. The minimum Gasteiger partial charge on any atom is -0.487 e. The Morgan fingerprint density at radius 2 is 2.00 bits per heavy atom. The maximum absolute atomic E-state index is 6.34. The number of piperidine rings is 3. The Hall–Kier alpha value is -2.33. The topological polar surface area (TPSA) is 41.1 Å². The Kier molecular flexibility index (Phi) is 3.52. The van der Waals surface area contributed by atoms with Gasteiger partial charge in [-0.3, -0.25) is 9.88 Å². The first-order valence-corrected chi connectivity index (χ1v) is 9.22. The molecule has 25 heavy (non-hydrogen) atoms. The van der Waals surface area contributed by atoms with Gasteiger partial charge >= 0.3 is 0 Å². The molecule has 3 aliphatic rings. The van der Waals surface area contributed by atoms with Crippen LogP contribution in [0.2, 0.25) is 0 Å². The Morgan fingerprint density at radius 1 is 1.12 bits per heavy atom. The van der Waals surface area contributed by atoms with Gasteiger partial charge in [-0.25, -0.2) is 0 Å². The number of hydrogen-bond acceptors (Lipinski definition) is 3. The second-order valence-corrected chi connectivity index (χ2v) is 7.36. The second kappa shape index (κ2) is 5.88. The summed E-state index contributed by atoms with van der Waals surface area (Å²) < 4.78 is 6.34. The molecule has 0 saturated carbocycles. The Balaban J connectivity index is 1.36. The molecular formula is C21H23N3O. The van der Waals surface area contributed by atoms with Crippen molar-refractivity contribution in [1.82, 2.24) is 14.9 Å². The molecule has 0 unspecified atom stereocenters. The van der Waals surface area contributed by atoms with Crippen molar-refractivity contribution < 1.29 is 4.74 Å². The standard InChI is InChI=1S/C21H23N3O/c1-14-21(15-7-10-24(14)11-8-15)25-18-3-5-20(23-13-18)16-2-4-19-17(12-16)6-9-22-19/h2-6,9,12-15,21-22H,7-8,10-11H2,1H3/t14-,21+/m1/s1. The molecule has 4 nitrogen and oxygen atoms in total. The molecule has 1 aromatic carbocycles. The lowest BCUT2D eigenvalue weighted by molar-refractivity contribution is -0.0508. The predicted molar refractivity (Wildman–Crippen MR) is 99.7 cm³/mol. The first-order chi connectivity index (χ1) is 12.3. The van der Waals surface area contributed by atoms with E-state index in [9.17, 15) is 0 Å². The molecule has 2 aromatic heterocycles. The van der Waals surface area contributed by atoms with Gasteiger partial charge in [-0.15, -0.1) is 0 Å². The summed E-state index contributed by atoms with van der Waals surface area (Å²) in [6.45, 7) is 4.75. The number of ether oxygens (including phenoxy) is 1. The minimum absolute atomic E-state index is 0.298. The van der Waals surface area contributed by atoms with Gasteiger partial charge < -0.3 is 9.72 Å². The van der Waals surface area contributed by atoms with Crippen LogP contribution in [0.1, 0.15) is 19.8 Å². The summed E-state index contributed by atoms with van der Waals surface area (Å²) in [5.74, 6) is 1.58. The molecule has 6 rings (SSSR count). The van der Waals surface area contributed by atoms with Gasteiger partial charge in [0.15, 0.2) is 0 Å². The molecule has 0 amide bonds. The lowest BCUT2D eigenvalue weighted by atomic mass is 9.81. The molecule has 128 valence electrons. The van der Waals surface area contributed by atoms with Gasteiger partial charge in [-0.05, 0) is 69.1 Å². The van der Waals surface area contributed by atoms with Gasteiger partial charge in [0.25, 0.3) is 0 Å². The van der Waals surface area contributed by atoms with Gasteiger partial charge in [-0.1, -0.05) is 6.07 Å². The van der Waals surface area contributed by atoms with Crippen LogP contribution < -0.4 is 4.74 Å². The smallest absolute Gasteiger partial charge is 0.138 e. The third-order valence-corrected chi connectivity index (χ3v) is 5.95. The van der Waals surface area contributed by atoms with Gasteiger partial charge in [0, 0.05) is 28.7 Å². The van der Waals surface area contributed by atoms with E-state index in [2.05, 4.69) is 58.2 Å². The fourth-order valence-corrected chi connectivity index (χ4v) is 4.44. The van der Waals surface area contributed by atoms with Crippen molar-refractivity contribution in [3.8, 4) is 17.0 Å². The Bertz CT molecular complexity index is 876. The van der Waals surface area contributed by atoms with Crippen LogP contribution in [0.4, 0.5) is 0 Å². The number of aromatic nitrogens is 2. The SMILES string of the molecule is C[C@@H]1[C@H](Oc2ccc(-c3ccc4[nH]ccc4c3)nc2)C2CCN1CC2. The number of aromatic amines is 1. The van der Waals surface area contributed by atoms with Crippen molar-refractivity contribution in [3.05, 3.63) is 48.8 Å². The maximum atomic E-state index is 6.34. The zero-order chi connectivity index (χ0) is 16.8. The molecule has 3 fully saturated rings. The van der Waals surface area contributed by atoms with Crippen molar-refractivity contribution in [2.24, 2.45) is 5.92 Å². The lowest BCUT2D eigenvalue weighted by Crippen LogP contribution is -2.58. The number of fused-ring (bicyclic) bond motifs is 4. The van der Waals surface area contributed by atoms with Crippen molar-refractivity contribution in [3.63, 3.8) is 0 Å². The first-order valence-electron chi connectivity index (χ1n) is 9.22. The molecule has 4 heteroatoms. The number of H-pyrrole nitrogens is 1. The van der Waals surface area contributed by atoms with E-state index in [1.54, 1.807) is 0 Å². The van der Waals surface area contributed by atoms with Gasteiger partial charge in [0.2, 0.25) is 0 Å². The van der Waals surface area contributed by atoms with Crippen molar-refractivity contribution >= 4 is 10.9 Å². The molecule has 5 heterocycles. The van der Waals surface area contributed by atoms with E-state index in [1.807, 2.05) is 12.4 Å². The number of nitrogens with one attached hydrogen (secondary N) is 1. The molecule has 0 spiro atoms. The summed E-state index contributed by atoms with van der Waals surface area (Å²) in [7, 11) is 0. The fourth-order valence-electron chi connectivity index (χ4n) is 4.44. The van der Waals surface area contributed by atoms with E-state index in [4.69, 9.17) is 4.74 Å². The lowest BCUT2D eigenvalue weighted by Gasteiger charge is -2.49. The predicted octanol–water partition coefficient (Wildman–Crippen LogP) is 4.09. The van der Waals surface area contributed by atoms with Crippen LogP contribution in [0.25, 0.3) is 22.2 Å². The number of nitrogens with zero attached hydrogens (tertiary/aromatic N) is 2. The van der Waals surface area contributed by atoms with Crippen molar-refractivity contribution in [2.45, 2.75) is 31.9 Å². The van der Waals surface area contributed by atoms with Crippen LogP contribution >= 0.6 is 0 Å². The van der Waals surface area contributed by atoms with Gasteiger partial charge in [0.05, 0.1) is 11.9 Å². The highest BCUT2D eigenvalue weighted by atomic mass is 16.5. The summed E-state index contributed by atoms with van der Waals surface area (Å²) in [6.07, 6.45) is 6.66. The summed E-state index contributed by atoms with van der Waals surface area (Å²) >= 11 is 0. The van der Waals surface area contributed by atoms with E-state index < -0.39 is 0 Å². The van der Waals surface area contributed by atoms with Crippen LogP contribution in [-0.4, -0.2) is 40.1 Å². The van der Waals surface area contributed by atoms with Gasteiger partial charge in [-0.2, -0.15) is 0 Å². The summed E-state index contributed by atoms with van der Waals surface area (Å²) in [6, 6.07) is 13.1. The van der Waals surface area contributed by atoms with Crippen LogP contribution in [0.15, 0.2) is 48.8 Å². The highest BCUT2D eigenvalue weighted by Gasteiger charge is 2.41. The monoisotopic (exact) mass is 333 g/mol. The summed E-state index contributed by atoms with van der Waals surface area (Å²) in [5, 5.41) is 1.21. The molecule has 0 radical (unpaired) electrons. The Labute approximate surface area is 147 Å². The third-order valence-electron chi connectivity index (χ3n) is 5.95. The normalized spacial score (nSPS) is 28.4. The van der Waals surface area contributed by atoms with E-state index in [0.717, 1.165) is 22.5 Å². The van der Waals surface area contributed by atoms with Crippen LogP contribution in [0.3, 0.4) is 0 Å². The molecule has 3 aliphatic heterocycles. The summed E-state index contributed by atoms with van der Waals surface area (Å²) in [5.41, 5.74) is 3.27. The van der Waals surface area contributed by atoms with E-state index in [0.29, 0.717) is 18.1 Å². The second-order valence-electron chi connectivity index (χ2n) is 7.36. The molecule has 1 N–H and O–H groups in total. The van der Waals surface area contributed by atoms with E-state index in [-0.39, 0.29) is 0 Å². The molecule has 2 atom stereocenters. The molecule has 3 aromatic rings. The van der Waals surface area contributed by atoms with E-state index >= 15 is 0 Å². The number of hydrogen-bond donors (Lipinski definition) is 1. The minimum atomic E-state index is 0.298. The van der Waals surface area contributed by atoms with Crippen LogP contribution in [-0.2, 0) is 0 Å². The quantitative estimate of drug-likeness (QED) is 0.785. The number of rotatable bonds is 3. The zero-order valence-electron chi connectivity index (χ0n) is 14.5. The highest BCUT2D eigenvalue weighted by molar-refractivity contribution is 5.84. The highest BCUT2D eigenvalue weighted by Crippen LogP contribution is 2.35. The zero-order valence-corrected chi connectivity index (χ0v) is 14.5. The average molecular weight is 333 g/mol. The van der Waals surface area contributed by atoms with Crippen molar-refractivity contribution in [1.29, 1.82) is 0 Å². The largest absolute Gasteiger partial charge is 0.487 e. The first kappa shape index (κ1) is 15.0.